The summed E-state index contributed by atoms with van der Waals surface area (Å²) in [7, 11) is 5.19. The van der Waals surface area contributed by atoms with Gasteiger partial charge in [0, 0.05) is 0 Å². The molecule has 2 aromatic heterocycles. The van der Waals surface area contributed by atoms with E-state index in [1.165, 1.54) is 30.1 Å². The van der Waals surface area contributed by atoms with Crippen LogP contribution >= 0.6 is 0 Å². The first kappa shape index (κ1) is 19.8. The topological polar surface area (TPSA) is 174 Å². The van der Waals surface area contributed by atoms with Crippen molar-refractivity contribution in [2.75, 3.05) is 26.9 Å². The second-order valence-corrected chi connectivity index (χ2v) is 6.26. The molecule has 1 aromatic carbocycles. The fraction of sp³-hybridized carbons (Fsp3) is 0.250. The third kappa shape index (κ3) is 4.30. The Balaban J connectivity index is 1.82. The van der Waals surface area contributed by atoms with Gasteiger partial charge in [0.2, 0.25) is 11.6 Å². The highest BCUT2D eigenvalue weighted by Crippen LogP contribution is 2.22. The van der Waals surface area contributed by atoms with Gasteiger partial charge in [0.05, 0.1) is 27.4 Å². The molecule has 13 heteroatoms. The summed E-state index contributed by atoms with van der Waals surface area (Å²) in [4.78, 5) is 13.6. The third-order valence-corrected chi connectivity index (χ3v) is 3.76. The number of benzene rings is 1. The molecule has 0 atom stereocenters. The molecule has 0 unspecified atom stereocenters. The average Bonchev–Trinajstić information content (AvgIpc) is 3.28. The van der Waals surface area contributed by atoms with Gasteiger partial charge in [-0.15, -0.1) is 5.10 Å². The van der Waals surface area contributed by atoms with Crippen LogP contribution < -0.4 is 25.9 Å². The molecule has 0 radical (unpaired) electrons. The minimum atomic E-state index is -0.578. The van der Waals surface area contributed by atoms with Gasteiger partial charge in [0.1, 0.15) is 18.0 Å². The van der Waals surface area contributed by atoms with Crippen molar-refractivity contribution < 1.29 is 24.2 Å². The summed E-state index contributed by atoms with van der Waals surface area (Å²) in [5.41, 5.74) is 9.18. The van der Waals surface area contributed by atoms with Crippen molar-refractivity contribution in [3.8, 4) is 17.3 Å². The van der Waals surface area contributed by atoms with Gasteiger partial charge in [-0.1, -0.05) is 23.1 Å². The second-order valence-electron chi connectivity index (χ2n) is 6.26. The van der Waals surface area contributed by atoms with Gasteiger partial charge in [0.25, 0.3) is 5.91 Å². The van der Waals surface area contributed by atoms with E-state index < -0.39 is 5.91 Å². The van der Waals surface area contributed by atoms with Gasteiger partial charge in [0.15, 0.2) is 5.69 Å². The number of methoxy groups -OCH3 is 1. The van der Waals surface area contributed by atoms with Crippen molar-refractivity contribution in [3.05, 3.63) is 35.2 Å². The summed E-state index contributed by atoms with van der Waals surface area (Å²) in [6, 6.07) is 4.41. The van der Waals surface area contributed by atoms with Crippen molar-refractivity contribution >= 4 is 17.9 Å². The van der Waals surface area contributed by atoms with E-state index in [9.17, 15) is 9.90 Å². The summed E-state index contributed by atoms with van der Waals surface area (Å²) < 4.78 is 10.9. The lowest BCUT2D eigenvalue weighted by Crippen LogP contribution is -3.04. The number of carbonyl (C=O) groups is 1. The van der Waals surface area contributed by atoms with Crippen LogP contribution in [0, 0.1) is 0 Å². The van der Waals surface area contributed by atoms with E-state index in [0.29, 0.717) is 17.8 Å². The Morgan fingerprint density at radius 1 is 1.45 bits per heavy atom. The molecular weight excluding hydrogens is 382 g/mol. The largest absolute Gasteiger partial charge is 0.870 e. The normalized spacial score (nSPS) is 11.3. The second kappa shape index (κ2) is 8.35. The number of nitrogen functional groups attached to an aromatic ring is 1. The first-order valence-corrected chi connectivity index (χ1v) is 8.41. The molecule has 0 aliphatic rings. The number of anilines is 1. The van der Waals surface area contributed by atoms with E-state index >= 15 is 0 Å². The summed E-state index contributed by atoms with van der Waals surface area (Å²) in [6.45, 7) is 0.397. The van der Waals surface area contributed by atoms with Crippen LogP contribution in [0.5, 0.6) is 11.5 Å². The summed E-state index contributed by atoms with van der Waals surface area (Å²) in [6.07, 6.45) is 1.38. The Labute approximate surface area is 164 Å². The number of hydrogen-bond donors (Lipinski definition) is 3. The Hall–Kier alpha value is -4.00. The van der Waals surface area contributed by atoms with E-state index in [2.05, 4.69) is 35.8 Å². The zero-order valence-corrected chi connectivity index (χ0v) is 15.9. The number of aromatic nitrogens is 5. The molecule has 13 nitrogen and oxygen atoms in total. The molecule has 0 bridgehead atoms. The van der Waals surface area contributed by atoms with Crippen LogP contribution in [0.4, 0.5) is 5.82 Å². The van der Waals surface area contributed by atoms with Crippen LogP contribution in [0.1, 0.15) is 21.7 Å². The molecule has 0 spiro atoms. The quantitative estimate of drug-likeness (QED) is 0.291. The molecule has 2 heterocycles. The SMILES string of the molecule is COc1cc(C=NNC(=O)c2nnn(-c3nonc3N)c2C[NH+](C)C)ccc1[O-]. The average molecular weight is 401 g/mol. The highest BCUT2D eigenvalue weighted by Gasteiger charge is 2.25. The van der Waals surface area contributed by atoms with E-state index in [1.807, 2.05) is 14.1 Å². The van der Waals surface area contributed by atoms with Gasteiger partial charge in [-0.25, -0.2) is 10.1 Å². The number of nitrogens with one attached hydrogen (secondary N) is 2. The van der Waals surface area contributed by atoms with Crippen LogP contribution in [0.2, 0.25) is 0 Å². The zero-order valence-electron chi connectivity index (χ0n) is 15.9. The number of hydrogen-bond acceptors (Lipinski definition) is 10. The summed E-state index contributed by atoms with van der Waals surface area (Å²) >= 11 is 0. The molecule has 29 heavy (non-hydrogen) atoms. The minimum Gasteiger partial charge on any atom is -0.870 e. The number of ether oxygens (including phenoxy) is 1. The van der Waals surface area contributed by atoms with Gasteiger partial charge in [-0.05, 0) is 21.9 Å². The van der Waals surface area contributed by atoms with E-state index in [0.717, 1.165) is 4.90 Å². The van der Waals surface area contributed by atoms with Crippen molar-refractivity contribution in [3.63, 3.8) is 0 Å². The van der Waals surface area contributed by atoms with Gasteiger partial charge >= 0.3 is 0 Å². The number of nitrogens with zero attached hydrogens (tertiary/aromatic N) is 6. The fourth-order valence-electron chi connectivity index (χ4n) is 2.46. The number of quaternary nitrogens is 1. The number of carbonyl (C=O) groups excluding carboxylic acids is 1. The summed E-state index contributed by atoms with van der Waals surface area (Å²) in [5.74, 6) is -0.487. The number of hydrazone groups is 1. The van der Waals surface area contributed by atoms with Crippen LogP contribution in [0.15, 0.2) is 27.9 Å². The van der Waals surface area contributed by atoms with Crippen LogP contribution in [-0.2, 0) is 6.54 Å². The molecule has 3 aromatic rings. The van der Waals surface area contributed by atoms with Crippen molar-refractivity contribution in [1.29, 1.82) is 0 Å². The Kier molecular flexibility index (Phi) is 5.69. The molecule has 0 saturated carbocycles. The zero-order chi connectivity index (χ0) is 21.0. The van der Waals surface area contributed by atoms with Crippen LogP contribution in [0.3, 0.4) is 0 Å². The Morgan fingerprint density at radius 2 is 2.24 bits per heavy atom. The Bertz CT molecular complexity index is 1040. The molecule has 0 saturated heterocycles. The predicted molar refractivity (Wildman–Crippen MR) is 97.6 cm³/mol. The Morgan fingerprint density at radius 3 is 2.90 bits per heavy atom. The van der Waals surface area contributed by atoms with E-state index in [-0.39, 0.29) is 28.8 Å². The van der Waals surface area contributed by atoms with Gasteiger partial charge in [-0.2, -0.15) is 9.78 Å². The molecule has 1 amide bonds. The molecule has 0 fully saturated rings. The van der Waals surface area contributed by atoms with Gasteiger partial charge in [-0.3, -0.25) is 4.79 Å². The standard InChI is InChI=1S/C16H19N9O4/c1-24(2)8-10-13(19-23-25(10)15-14(17)21-29-22-15)16(27)20-18-7-9-4-5-11(26)12(6-9)28-3/h4-7,26H,8H2,1-3H3,(H2,17,21)(H,20,27). The lowest BCUT2D eigenvalue weighted by Gasteiger charge is -2.11. The lowest BCUT2D eigenvalue weighted by molar-refractivity contribution is -0.873. The number of amides is 1. The molecule has 3 rings (SSSR count). The molecule has 4 N–H and O–H groups in total. The predicted octanol–water partition coefficient (Wildman–Crippen LogP) is -2.28. The lowest BCUT2D eigenvalue weighted by atomic mass is 10.2. The first-order valence-electron chi connectivity index (χ1n) is 8.41. The van der Waals surface area contributed by atoms with Gasteiger partial charge < -0.3 is 20.5 Å². The van der Waals surface area contributed by atoms with Crippen LogP contribution in [0.25, 0.3) is 5.82 Å². The highest BCUT2D eigenvalue weighted by molar-refractivity contribution is 5.94. The van der Waals surface area contributed by atoms with E-state index in [1.54, 1.807) is 6.07 Å². The molecule has 0 aliphatic carbocycles. The smallest absolute Gasteiger partial charge is 0.294 e. The van der Waals surface area contributed by atoms with Crippen LogP contribution in [-0.4, -0.2) is 58.6 Å². The number of nitrogens with two attached hydrogens (primary N) is 1. The fourth-order valence-corrected chi connectivity index (χ4v) is 2.46. The van der Waals surface area contributed by atoms with Crippen molar-refractivity contribution in [2.24, 2.45) is 5.10 Å². The first-order chi connectivity index (χ1) is 13.9. The van der Waals surface area contributed by atoms with Crippen molar-refractivity contribution in [2.45, 2.75) is 6.54 Å². The third-order valence-electron chi connectivity index (χ3n) is 3.76. The maximum absolute atomic E-state index is 12.6. The minimum absolute atomic E-state index is 0.0191. The molecule has 152 valence electrons. The van der Waals surface area contributed by atoms with Crippen molar-refractivity contribution in [1.82, 2.24) is 30.7 Å². The summed E-state index contributed by atoms with van der Waals surface area (Å²) in [5, 5.41) is 30.5. The maximum Gasteiger partial charge on any atom is 0.294 e. The molecular formula is C16H19N9O4. The van der Waals surface area contributed by atoms with E-state index in [4.69, 9.17) is 10.5 Å². The molecule has 0 aliphatic heterocycles. The maximum atomic E-state index is 12.6. The number of rotatable bonds is 7. The highest BCUT2D eigenvalue weighted by atomic mass is 16.6. The monoisotopic (exact) mass is 401 g/mol.